The molecule has 1 N–H and O–H groups in total. The molecule has 4 heteroatoms. The summed E-state index contributed by atoms with van der Waals surface area (Å²) in [4.78, 5) is 10.9. The molecule has 1 heterocycles. The van der Waals surface area contributed by atoms with Gasteiger partial charge in [-0.25, -0.2) is 9.97 Å². The van der Waals surface area contributed by atoms with E-state index in [9.17, 15) is 0 Å². The average Bonchev–Trinajstić information content (AvgIpc) is 2.42. The highest BCUT2D eigenvalue weighted by atomic mass is 15.1. The van der Waals surface area contributed by atoms with Crippen LogP contribution in [0.1, 0.15) is 12.0 Å². The van der Waals surface area contributed by atoms with Gasteiger partial charge >= 0.3 is 0 Å². The Morgan fingerprint density at radius 2 is 1.74 bits per heavy atom. The van der Waals surface area contributed by atoms with Crippen molar-refractivity contribution in [2.45, 2.75) is 12.8 Å². The minimum absolute atomic E-state index is 0.641. The molecule has 0 atom stereocenters. The molecule has 0 fully saturated rings. The van der Waals surface area contributed by atoms with Crippen LogP contribution in [0.4, 0.5) is 11.6 Å². The van der Waals surface area contributed by atoms with Gasteiger partial charge in [0, 0.05) is 18.1 Å². The van der Waals surface area contributed by atoms with E-state index >= 15 is 0 Å². The van der Waals surface area contributed by atoms with Crippen molar-refractivity contribution in [2.75, 3.05) is 26.0 Å². The van der Waals surface area contributed by atoms with E-state index in [-0.39, 0.29) is 0 Å². The van der Waals surface area contributed by atoms with Gasteiger partial charge in [-0.3, -0.25) is 0 Å². The third kappa shape index (κ3) is 4.67. The first-order chi connectivity index (χ1) is 9.24. The van der Waals surface area contributed by atoms with Crippen LogP contribution < -0.4 is 5.32 Å². The topological polar surface area (TPSA) is 41.1 Å². The maximum Gasteiger partial charge on any atom is 0.227 e. The second kappa shape index (κ2) is 6.85. The lowest BCUT2D eigenvalue weighted by atomic mass is 10.2. The number of para-hydroxylation sites is 1. The number of aryl methyl sites for hydroxylation is 1. The molecule has 0 saturated heterocycles. The highest BCUT2D eigenvalue weighted by Crippen LogP contribution is 2.11. The molecule has 0 aliphatic heterocycles. The van der Waals surface area contributed by atoms with Crippen LogP contribution in [0.2, 0.25) is 0 Å². The van der Waals surface area contributed by atoms with Gasteiger partial charge < -0.3 is 10.2 Å². The Balaban J connectivity index is 1.88. The fraction of sp³-hybridized carbons (Fsp3) is 0.333. The largest absolute Gasteiger partial charge is 0.324 e. The fourth-order valence-corrected chi connectivity index (χ4v) is 1.80. The number of nitrogens with zero attached hydrogens (tertiary/aromatic N) is 3. The van der Waals surface area contributed by atoms with Crippen molar-refractivity contribution in [1.82, 2.24) is 14.9 Å². The SMILES string of the molecule is CN(C)CCCc1cnc(Nc2ccccc2)nc1. The predicted molar refractivity (Wildman–Crippen MR) is 78.6 cm³/mol. The fourth-order valence-electron chi connectivity index (χ4n) is 1.80. The van der Waals surface area contributed by atoms with Crippen molar-refractivity contribution in [3.05, 3.63) is 48.3 Å². The Labute approximate surface area is 114 Å². The number of hydrogen-bond donors (Lipinski definition) is 1. The number of nitrogens with one attached hydrogen (secondary N) is 1. The normalized spacial score (nSPS) is 10.7. The summed E-state index contributed by atoms with van der Waals surface area (Å²) in [6, 6.07) is 9.94. The molecule has 1 aromatic carbocycles. The quantitative estimate of drug-likeness (QED) is 0.862. The Morgan fingerprint density at radius 1 is 1.05 bits per heavy atom. The van der Waals surface area contributed by atoms with E-state index in [0.717, 1.165) is 25.1 Å². The van der Waals surface area contributed by atoms with E-state index < -0.39 is 0 Å². The number of rotatable bonds is 6. The maximum absolute atomic E-state index is 4.34. The molecule has 0 aliphatic carbocycles. The van der Waals surface area contributed by atoms with E-state index in [2.05, 4.69) is 34.3 Å². The van der Waals surface area contributed by atoms with Gasteiger partial charge in [0.05, 0.1) is 0 Å². The van der Waals surface area contributed by atoms with E-state index in [0.29, 0.717) is 5.95 Å². The van der Waals surface area contributed by atoms with Crippen LogP contribution in [0, 0.1) is 0 Å². The van der Waals surface area contributed by atoms with Crippen LogP contribution >= 0.6 is 0 Å². The third-order valence-electron chi connectivity index (χ3n) is 2.81. The van der Waals surface area contributed by atoms with Crippen LogP contribution in [-0.2, 0) is 6.42 Å². The molecule has 0 radical (unpaired) electrons. The Bertz CT molecular complexity index is 479. The van der Waals surface area contributed by atoms with Gasteiger partial charge in [0.25, 0.3) is 0 Å². The summed E-state index contributed by atoms with van der Waals surface area (Å²) in [6.45, 7) is 1.09. The lowest BCUT2D eigenvalue weighted by Crippen LogP contribution is -2.13. The lowest BCUT2D eigenvalue weighted by Gasteiger charge is -2.09. The van der Waals surface area contributed by atoms with Crippen molar-refractivity contribution in [1.29, 1.82) is 0 Å². The van der Waals surface area contributed by atoms with Crippen LogP contribution in [-0.4, -0.2) is 35.5 Å². The first-order valence-corrected chi connectivity index (χ1v) is 6.52. The van der Waals surface area contributed by atoms with Gasteiger partial charge in [-0.15, -0.1) is 0 Å². The monoisotopic (exact) mass is 256 g/mol. The highest BCUT2D eigenvalue weighted by molar-refractivity contribution is 5.52. The van der Waals surface area contributed by atoms with E-state index in [1.807, 2.05) is 42.7 Å². The molecular formula is C15H20N4. The average molecular weight is 256 g/mol. The van der Waals surface area contributed by atoms with Crippen LogP contribution in [0.25, 0.3) is 0 Å². The first kappa shape index (κ1) is 13.5. The molecule has 0 amide bonds. The second-order valence-electron chi connectivity index (χ2n) is 4.81. The van der Waals surface area contributed by atoms with Crippen molar-refractivity contribution in [3.8, 4) is 0 Å². The predicted octanol–water partition coefficient (Wildman–Crippen LogP) is 2.71. The zero-order chi connectivity index (χ0) is 13.5. The Morgan fingerprint density at radius 3 is 2.37 bits per heavy atom. The summed E-state index contributed by atoms with van der Waals surface area (Å²) in [6.07, 6.45) is 5.94. The number of hydrogen-bond acceptors (Lipinski definition) is 4. The standard InChI is InChI=1S/C15H20N4/c1-19(2)10-6-7-13-11-16-15(17-12-13)18-14-8-4-3-5-9-14/h3-5,8-9,11-12H,6-7,10H2,1-2H3,(H,16,17,18). The molecule has 100 valence electrons. The maximum atomic E-state index is 4.34. The van der Waals surface area contributed by atoms with Gasteiger partial charge in [0.15, 0.2) is 0 Å². The minimum atomic E-state index is 0.641. The zero-order valence-corrected chi connectivity index (χ0v) is 11.5. The van der Waals surface area contributed by atoms with Gasteiger partial charge in [0.2, 0.25) is 5.95 Å². The van der Waals surface area contributed by atoms with Gasteiger partial charge in [-0.2, -0.15) is 0 Å². The summed E-state index contributed by atoms with van der Waals surface area (Å²) in [7, 11) is 4.17. The molecule has 0 aliphatic rings. The highest BCUT2D eigenvalue weighted by Gasteiger charge is 1.99. The number of aromatic nitrogens is 2. The van der Waals surface area contributed by atoms with Crippen molar-refractivity contribution in [3.63, 3.8) is 0 Å². The Hall–Kier alpha value is -1.94. The zero-order valence-electron chi connectivity index (χ0n) is 11.5. The van der Waals surface area contributed by atoms with E-state index in [1.54, 1.807) is 0 Å². The molecule has 0 saturated carbocycles. The van der Waals surface area contributed by atoms with E-state index in [1.165, 1.54) is 5.56 Å². The smallest absolute Gasteiger partial charge is 0.227 e. The number of benzene rings is 1. The van der Waals surface area contributed by atoms with Crippen LogP contribution in [0.3, 0.4) is 0 Å². The van der Waals surface area contributed by atoms with Crippen molar-refractivity contribution >= 4 is 11.6 Å². The first-order valence-electron chi connectivity index (χ1n) is 6.52. The molecule has 0 spiro atoms. The molecular weight excluding hydrogens is 236 g/mol. The minimum Gasteiger partial charge on any atom is -0.324 e. The summed E-state index contributed by atoms with van der Waals surface area (Å²) < 4.78 is 0. The lowest BCUT2D eigenvalue weighted by molar-refractivity contribution is 0.400. The van der Waals surface area contributed by atoms with Gasteiger partial charge in [-0.05, 0) is 51.2 Å². The summed E-state index contributed by atoms with van der Waals surface area (Å²) in [5.41, 5.74) is 2.18. The summed E-state index contributed by atoms with van der Waals surface area (Å²) in [5, 5.41) is 3.17. The molecule has 1 aromatic heterocycles. The van der Waals surface area contributed by atoms with Gasteiger partial charge in [-0.1, -0.05) is 18.2 Å². The van der Waals surface area contributed by atoms with Gasteiger partial charge in [0.1, 0.15) is 0 Å². The molecule has 2 rings (SSSR count). The molecule has 19 heavy (non-hydrogen) atoms. The summed E-state index contributed by atoms with van der Waals surface area (Å²) >= 11 is 0. The second-order valence-corrected chi connectivity index (χ2v) is 4.81. The molecule has 2 aromatic rings. The molecule has 0 bridgehead atoms. The van der Waals surface area contributed by atoms with Crippen LogP contribution in [0.5, 0.6) is 0 Å². The number of anilines is 2. The molecule has 4 nitrogen and oxygen atoms in total. The van der Waals surface area contributed by atoms with Crippen molar-refractivity contribution in [2.24, 2.45) is 0 Å². The van der Waals surface area contributed by atoms with Crippen molar-refractivity contribution < 1.29 is 0 Å². The summed E-state index contributed by atoms with van der Waals surface area (Å²) in [5.74, 6) is 0.641. The van der Waals surface area contributed by atoms with E-state index in [4.69, 9.17) is 0 Å². The third-order valence-corrected chi connectivity index (χ3v) is 2.81. The van der Waals surface area contributed by atoms with Crippen LogP contribution in [0.15, 0.2) is 42.7 Å². The molecule has 0 unspecified atom stereocenters. The Kier molecular flexibility index (Phi) is 4.86.